The molecule has 9 heteroatoms. The molecule has 29 heavy (non-hydrogen) atoms. The Balaban J connectivity index is 0. The van der Waals surface area contributed by atoms with E-state index in [1.807, 2.05) is 27.7 Å². The van der Waals surface area contributed by atoms with Crippen molar-refractivity contribution in [2.75, 3.05) is 0 Å². The summed E-state index contributed by atoms with van der Waals surface area (Å²) < 4.78 is 33.7. The topological polar surface area (TPSA) is 129 Å². The van der Waals surface area contributed by atoms with Gasteiger partial charge in [0.25, 0.3) is 10.1 Å². The Kier molecular flexibility index (Phi) is 15.8. The van der Waals surface area contributed by atoms with E-state index in [0.29, 0.717) is 25.7 Å². The molecular formula is C20H39NaO7S. The van der Waals surface area contributed by atoms with Crippen LogP contribution in [0.2, 0.25) is 0 Å². The fraction of sp³-hybridized carbons (Fsp3) is 0.900. The first-order valence-electron chi connectivity index (χ1n) is 10.4. The first-order chi connectivity index (χ1) is 13.0. The van der Waals surface area contributed by atoms with E-state index in [1.54, 1.807) is 0 Å². The number of unbranched alkanes of at least 4 members (excludes halogenated alkanes) is 2. The van der Waals surface area contributed by atoms with Gasteiger partial charge < -0.3 is 10.2 Å². The quantitative estimate of drug-likeness (QED) is 0.242. The molecule has 0 spiro atoms. The van der Waals surface area contributed by atoms with Gasteiger partial charge in [0.15, 0.2) is 5.25 Å². The molecule has 0 aromatic carbocycles. The molecule has 0 saturated heterocycles. The predicted molar refractivity (Wildman–Crippen MR) is 116 cm³/mol. The third-order valence-corrected chi connectivity index (χ3v) is 7.09. The molecule has 0 aromatic heterocycles. The van der Waals surface area contributed by atoms with Gasteiger partial charge in [-0.05, 0) is 24.7 Å². The monoisotopic (exact) mass is 446 g/mol. The Morgan fingerprint density at radius 3 is 1.45 bits per heavy atom. The molecule has 0 aromatic rings. The van der Waals surface area contributed by atoms with Crippen LogP contribution in [0.4, 0.5) is 0 Å². The molecule has 3 N–H and O–H groups in total. The van der Waals surface area contributed by atoms with Crippen LogP contribution in [0.5, 0.6) is 0 Å². The van der Waals surface area contributed by atoms with Gasteiger partial charge in [0.2, 0.25) is 0 Å². The van der Waals surface area contributed by atoms with Crippen LogP contribution >= 0.6 is 0 Å². The Morgan fingerprint density at radius 1 is 0.862 bits per heavy atom. The van der Waals surface area contributed by atoms with E-state index >= 15 is 0 Å². The zero-order valence-electron chi connectivity index (χ0n) is 17.7. The number of hydrogen-bond acceptors (Lipinski definition) is 4. The number of hydrogen-bond donors (Lipinski definition) is 3. The Morgan fingerprint density at radius 2 is 1.24 bits per heavy atom. The van der Waals surface area contributed by atoms with Crippen LogP contribution in [0, 0.1) is 17.3 Å². The maximum absolute atomic E-state index is 12.4. The van der Waals surface area contributed by atoms with E-state index in [4.69, 9.17) is 0 Å². The van der Waals surface area contributed by atoms with Gasteiger partial charge in [0.1, 0.15) is 0 Å². The third-order valence-electron chi connectivity index (χ3n) is 5.84. The van der Waals surface area contributed by atoms with Crippen molar-refractivity contribution >= 4 is 51.6 Å². The molecule has 0 fully saturated rings. The maximum atomic E-state index is 12.4. The van der Waals surface area contributed by atoms with Crippen molar-refractivity contribution in [1.82, 2.24) is 0 Å². The molecule has 0 saturated carbocycles. The second-order valence-corrected chi connectivity index (χ2v) is 9.44. The van der Waals surface area contributed by atoms with Crippen molar-refractivity contribution in [2.24, 2.45) is 17.3 Å². The third kappa shape index (κ3) is 9.68. The Bertz CT molecular complexity index is 574. The second-order valence-electron chi connectivity index (χ2n) is 7.94. The zero-order chi connectivity index (χ0) is 22.0. The van der Waals surface area contributed by atoms with Gasteiger partial charge in [-0.1, -0.05) is 79.1 Å². The van der Waals surface area contributed by atoms with Crippen molar-refractivity contribution in [3.05, 3.63) is 0 Å². The minimum absolute atomic E-state index is 0. The number of aliphatic carboxylic acids is 2. The number of rotatable bonds is 16. The second kappa shape index (κ2) is 14.8. The van der Waals surface area contributed by atoms with Crippen molar-refractivity contribution in [3.8, 4) is 0 Å². The van der Waals surface area contributed by atoms with Crippen LogP contribution in [0.15, 0.2) is 0 Å². The normalized spacial score (nSPS) is 16.9. The SMILES string of the molecule is CCCCC(CC)CC(CC(CC)CCCC)(C(=O)O)C(C(=O)O)S(=O)(=O)O.[NaH]. The molecular weight excluding hydrogens is 407 g/mol. The first-order valence-corrected chi connectivity index (χ1v) is 11.9. The summed E-state index contributed by atoms with van der Waals surface area (Å²) in [7, 11) is -5.10. The Hall–Kier alpha value is -0.150. The summed E-state index contributed by atoms with van der Waals surface area (Å²) in [5.74, 6) is -3.50. The van der Waals surface area contributed by atoms with Crippen molar-refractivity contribution in [2.45, 2.75) is 97.2 Å². The summed E-state index contributed by atoms with van der Waals surface area (Å²) >= 11 is 0. The molecule has 0 amide bonds. The van der Waals surface area contributed by atoms with Gasteiger partial charge >= 0.3 is 41.5 Å². The molecule has 3 atom stereocenters. The van der Waals surface area contributed by atoms with Crippen LogP contribution in [-0.2, 0) is 19.7 Å². The summed E-state index contributed by atoms with van der Waals surface area (Å²) in [5, 5.41) is 17.3. The average molecular weight is 447 g/mol. The van der Waals surface area contributed by atoms with E-state index in [2.05, 4.69) is 0 Å². The minimum atomic E-state index is -5.10. The van der Waals surface area contributed by atoms with Crippen molar-refractivity contribution < 1.29 is 32.8 Å². The molecule has 0 aliphatic heterocycles. The van der Waals surface area contributed by atoms with Crippen LogP contribution in [-0.4, -0.2) is 69.9 Å². The molecule has 0 rings (SSSR count). The summed E-state index contributed by atoms with van der Waals surface area (Å²) in [6.45, 7) is 7.80. The summed E-state index contributed by atoms with van der Waals surface area (Å²) in [6, 6.07) is 0. The number of carboxylic acids is 2. The summed E-state index contributed by atoms with van der Waals surface area (Å²) in [6.07, 6.45) is 6.02. The number of carbonyl (C=O) groups is 2. The first kappa shape index (κ1) is 31.0. The van der Waals surface area contributed by atoms with E-state index < -0.39 is 32.7 Å². The molecule has 7 nitrogen and oxygen atoms in total. The molecule has 0 heterocycles. The molecule has 0 aliphatic rings. The molecule has 0 aliphatic carbocycles. The Labute approximate surface area is 198 Å². The summed E-state index contributed by atoms with van der Waals surface area (Å²) in [5.41, 5.74) is -2.05. The van der Waals surface area contributed by atoms with Gasteiger partial charge in [-0.25, -0.2) is 0 Å². The van der Waals surface area contributed by atoms with Gasteiger partial charge in [-0.15, -0.1) is 0 Å². The zero-order valence-corrected chi connectivity index (χ0v) is 18.5. The standard InChI is InChI=1S/C20H38O7S.Na.H/c1-5-9-11-15(7-3)13-20(19(23)24,14-16(8-4)12-10-6-2)17(18(21)22)28(25,26)27;;/h15-17H,5-14H2,1-4H3,(H,21,22)(H,23,24)(H,25,26,27);;. The van der Waals surface area contributed by atoms with Crippen LogP contribution < -0.4 is 0 Å². The predicted octanol–water partition coefficient (Wildman–Crippen LogP) is 3.96. The van der Waals surface area contributed by atoms with Gasteiger partial charge in [0.05, 0.1) is 5.41 Å². The fourth-order valence-electron chi connectivity index (χ4n) is 4.15. The van der Waals surface area contributed by atoms with E-state index in [9.17, 15) is 32.8 Å². The van der Waals surface area contributed by atoms with E-state index in [0.717, 1.165) is 25.7 Å². The fourth-order valence-corrected chi connectivity index (χ4v) is 5.27. The average Bonchev–Trinajstić information content (AvgIpc) is 2.59. The van der Waals surface area contributed by atoms with Gasteiger partial charge in [-0.3, -0.25) is 14.1 Å². The van der Waals surface area contributed by atoms with Gasteiger partial charge in [0, 0.05) is 0 Å². The number of carboxylic acid groups (broad SMARTS) is 2. The van der Waals surface area contributed by atoms with Crippen molar-refractivity contribution in [1.29, 1.82) is 0 Å². The van der Waals surface area contributed by atoms with Crippen LogP contribution in [0.1, 0.15) is 91.9 Å². The van der Waals surface area contributed by atoms with Crippen LogP contribution in [0.3, 0.4) is 0 Å². The summed E-state index contributed by atoms with van der Waals surface area (Å²) in [4.78, 5) is 24.3. The van der Waals surface area contributed by atoms with E-state index in [1.165, 1.54) is 0 Å². The van der Waals surface area contributed by atoms with E-state index in [-0.39, 0.29) is 54.2 Å². The van der Waals surface area contributed by atoms with Crippen LogP contribution in [0.25, 0.3) is 0 Å². The van der Waals surface area contributed by atoms with Crippen molar-refractivity contribution in [3.63, 3.8) is 0 Å². The van der Waals surface area contributed by atoms with Gasteiger partial charge in [-0.2, -0.15) is 8.42 Å². The molecule has 3 unspecified atom stereocenters. The molecule has 168 valence electrons. The molecule has 0 radical (unpaired) electrons. The molecule has 0 bridgehead atoms.